The van der Waals surface area contributed by atoms with Gasteiger partial charge in [-0.15, -0.1) is 11.8 Å². The fraction of sp³-hybridized carbons (Fsp3) is 0.446. The molecule has 0 radical (unpaired) electrons. The summed E-state index contributed by atoms with van der Waals surface area (Å²) in [6, 6.07) is 35.5. The number of halogens is 4. The van der Waals surface area contributed by atoms with Gasteiger partial charge in [0.15, 0.2) is 23.9 Å². The Morgan fingerprint density at radius 2 is 1.52 bits per heavy atom. The minimum atomic E-state index is -6.00. The topological polar surface area (TPSA) is 110 Å². The number of ether oxygens (including phenoxy) is 1. The molecule has 0 spiro atoms. The second-order valence-corrected chi connectivity index (χ2v) is 31.0. The number of anilines is 1. The molecule has 73 heavy (non-hydrogen) atoms. The Balaban J connectivity index is 1.06. The molecule has 17 heteroatoms. The molecule has 2 heterocycles. The maximum absolute atomic E-state index is 14.4. The van der Waals surface area contributed by atoms with Gasteiger partial charge < -0.3 is 14.1 Å². The Morgan fingerprint density at radius 3 is 2.16 bits per heavy atom. The summed E-state index contributed by atoms with van der Waals surface area (Å²) in [5, 5.41) is 0.650. The van der Waals surface area contributed by atoms with Crippen molar-refractivity contribution < 1.29 is 44.0 Å². The molecule has 2 saturated heterocycles. The third-order valence-electron chi connectivity index (χ3n) is 14.9. The van der Waals surface area contributed by atoms with Crippen LogP contribution in [0, 0.1) is 11.8 Å². The number of hydrogen-bond acceptors (Lipinski definition) is 10. The summed E-state index contributed by atoms with van der Waals surface area (Å²) in [5.41, 5.74) is -1.55. The van der Waals surface area contributed by atoms with Crippen molar-refractivity contribution in [2.75, 3.05) is 55.8 Å². The Morgan fingerprint density at radius 1 is 0.863 bits per heavy atom. The number of carbonyl (C=O) groups excluding carboxylic acids is 1. The number of rotatable bonds is 20. The van der Waals surface area contributed by atoms with Crippen molar-refractivity contribution in [1.29, 1.82) is 0 Å². The van der Waals surface area contributed by atoms with Crippen molar-refractivity contribution in [3.05, 3.63) is 143 Å². The van der Waals surface area contributed by atoms with E-state index in [-0.39, 0.29) is 46.6 Å². The number of benzene rings is 5. The van der Waals surface area contributed by atoms with Crippen molar-refractivity contribution in [3.63, 3.8) is 0 Å². The van der Waals surface area contributed by atoms with Crippen LogP contribution in [0.2, 0.25) is 23.2 Å². The normalized spacial score (nSPS) is 17.6. The van der Waals surface area contributed by atoms with Crippen molar-refractivity contribution >= 4 is 62.8 Å². The monoisotopic (exact) mass is 1100 g/mol. The molecule has 2 fully saturated rings. The Labute approximate surface area is 441 Å². The Bertz CT molecular complexity index is 2880. The number of sulfone groups is 2. The van der Waals surface area contributed by atoms with E-state index in [1.54, 1.807) is 24.3 Å². The van der Waals surface area contributed by atoms with Crippen LogP contribution >= 0.6 is 23.4 Å². The summed E-state index contributed by atoms with van der Waals surface area (Å²) < 4.78 is 110. The van der Waals surface area contributed by atoms with Crippen molar-refractivity contribution in [2.45, 2.75) is 110 Å². The number of hydrogen-bond donors (Lipinski definition) is 0. The van der Waals surface area contributed by atoms with Gasteiger partial charge in [-0.2, -0.15) is 13.2 Å². The van der Waals surface area contributed by atoms with Crippen LogP contribution in [-0.2, 0) is 35.3 Å². The van der Waals surface area contributed by atoms with Crippen LogP contribution in [-0.4, -0.2) is 98.3 Å². The zero-order valence-electron chi connectivity index (χ0n) is 42.5. The predicted molar refractivity (Wildman–Crippen MR) is 291 cm³/mol. The van der Waals surface area contributed by atoms with E-state index in [0.29, 0.717) is 62.7 Å². The van der Waals surface area contributed by atoms with Gasteiger partial charge >= 0.3 is 5.51 Å². The third-order valence-corrected chi connectivity index (χ3v) is 24.0. The van der Waals surface area contributed by atoms with Gasteiger partial charge in [0.25, 0.3) is 9.84 Å². The van der Waals surface area contributed by atoms with E-state index in [1.807, 2.05) is 60.7 Å². The highest BCUT2D eigenvalue weighted by atomic mass is 35.5. The fourth-order valence-electron chi connectivity index (χ4n) is 9.47. The lowest BCUT2D eigenvalue weighted by Gasteiger charge is -2.44. The summed E-state index contributed by atoms with van der Waals surface area (Å²) in [4.78, 5) is 17.4. The lowest BCUT2D eigenvalue weighted by molar-refractivity contribution is -0.0436. The first-order valence-electron chi connectivity index (χ1n) is 25.0. The minimum Gasteiger partial charge on any atom is -0.410 e. The lowest BCUT2D eigenvalue weighted by Crippen LogP contribution is -2.45. The van der Waals surface area contributed by atoms with E-state index >= 15 is 0 Å². The molecule has 7 rings (SSSR count). The highest BCUT2D eigenvalue weighted by molar-refractivity contribution is 7.99. The molecule has 2 aliphatic rings. The molecule has 9 nitrogen and oxygen atoms in total. The first kappa shape index (κ1) is 56.7. The fourth-order valence-corrected chi connectivity index (χ4v) is 14.3. The molecule has 5 aromatic rings. The minimum absolute atomic E-state index is 0.0184. The van der Waals surface area contributed by atoms with Gasteiger partial charge in [-0.25, -0.2) is 16.8 Å². The van der Waals surface area contributed by atoms with E-state index in [2.05, 4.69) is 68.8 Å². The summed E-state index contributed by atoms with van der Waals surface area (Å²) in [5.74, 6) is -1.42. The summed E-state index contributed by atoms with van der Waals surface area (Å²) >= 11 is 7.80. The molecule has 0 unspecified atom stereocenters. The molecule has 0 amide bonds. The van der Waals surface area contributed by atoms with E-state index in [4.69, 9.17) is 20.8 Å². The quantitative estimate of drug-likeness (QED) is 0.0424. The van der Waals surface area contributed by atoms with Gasteiger partial charge in [0.05, 0.1) is 29.1 Å². The maximum Gasteiger partial charge on any atom is 0.501 e. The number of morpholine rings is 1. The van der Waals surface area contributed by atoms with Gasteiger partial charge in [-0.05, 0) is 152 Å². The van der Waals surface area contributed by atoms with E-state index < -0.39 is 54.8 Å². The standard InChI is InChI=1S/C56H68ClF3N2O7S3Si/c1-7-46-37-68-34-33-62(46)30-27-40(38-70-48-13-9-8-10-14-48)35-44-21-26-49(36-53(44)72(66,67)56(58,59)60)71(64,65)39-52(63)42-19-24-47(25-20-42)61-31-28-43(29-32-61)54(69-73(5,6)55(2,3)4)51-16-12-11-15-50(51)41-17-22-45(57)23-18-41/h8-26,36,40,43,46,54H,7,27-35,37-39H2,1-6H3/t40-,46+,54+/m0/s1. The second kappa shape index (κ2) is 23.9. The molecule has 2 aliphatic heterocycles. The number of ketones is 1. The lowest BCUT2D eigenvalue weighted by atomic mass is 9.84. The molecule has 0 aromatic heterocycles. The van der Waals surface area contributed by atoms with Crippen molar-refractivity contribution in [2.24, 2.45) is 11.8 Å². The van der Waals surface area contributed by atoms with Crippen LogP contribution < -0.4 is 4.90 Å². The van der Waals surface area contributed by atoms with Gasteiger partial charge in [0.2, 0.25) is 0 Å². The molecule has 0 saturated carbocycles. The molecule has 5 aromatic carbocycles. The first-order chi connectivity index (χ1) is 34.5. The number of nitrogens with zero attached hydrogens (tertiary/aromatic N) is 2. The molecular weight excluding hydrogens is 1030 g/mol. The average Bonchev–Trinajstić information content (AvgIpc) is 3.36. The van der Waals surface area contributed by atoms with Gasteiger partial charge in [-0.1, -0.05) is 100.0 Å². The molecule has 0 aliphatic carbocycles. The molecule has 3 atom stereocenters. The zero-order chi connectivity index (χ0) is 52.8. The van der Waals surface area contributed by atoms with Crippen molar-refractivity contribution in [3.8, 4) is 11.1 Å². The predicted octanol–water partition coefficient (Wildman–Crippen LogP) is 13.4. The molecule has 0 bridgehead atoms. The Kier molecular flexibility index (Phi) is 18.6. The molecule has 0 N–H and O–H groups in total. The SMILES string of the molecule is CC[C@@H]1COCCN1CC[C@H](CSc1ccccc1)Cc1ccc(S(=O)(=O)CC(=O)c2ccc(N3CCC([C@@H](O[Si](C)(C)C(C)(C)C)c4ccccc4-c4ccc(Cl)cc4)CC3)cc2)cc1S(=O)(=O)C(F)(F)F. The highest BCUT2D eigenvalue weighted by Gasteiger charge is 2.48. The second-order valence-electron chi connectivity index (χ2n) is 20.8. The van der Waals surface area contributed by atoms with Crippen LogP contribution in [0.25, 0.3) is 11.1 Å². The smallest absolute Gasteiger partial charge is 0.410 e. The number of carbonyl (C=O) groups is 1. The summed E-state index contributed by atoms with van der Waals surface area (Å²) in [7, 11) is -12.8. The molecule has 394 valence electrons. The van der Waals surface area contributed by atoms with Crippen molar-refractivity contribution in [1.82, 2.24) is 4.90 Å². The van der Waals surface area contributed by atoms with Gasteiger partial charge in [0, 0.05) is 52.6 Å². The molecular formula is C56H68ClF3N2O7S3Si. The number of Topliss-reactive ketones (excluding diaryl/α,β-unsaturated/α-hetero) is 1. The Hall–Kier alpha value is -4.00. The van der Waals surface area contributed by atoms with Gasteiger partial charge in [0.1, 0.15) is 5.75 Å². The number of piperidine rings is 1. The van der Waals surface area contributed by atoms with Gasteiger partial charge in [-0.3, -0.25) is 9.69 Å². The zero-order valence-corrected chi connectivity index (χ0v) is 46.7. The van der Waals surface area contributed by atoms with E-state index in [0.717, 1.165) is 58.7 Å². The van der Waals surface area contributed by atoms with Crippen LogP contribution in [0.15, 0.2) is 136 Å². The third kappa shape index (κ3) is 14.1. The summed E-state index contributed by atoms with van der Waals surface area (Å²) in [6.07, 6.45) is 2.88. The largest absolute Gasteiger partial charge is 0.501 e. The average molecular weight is 1100 g/mol. The van der Waals surface area contributed by atoms with Crippen LogP contribution in [0.5, 0.6) is 0 Å². The van der Waals surface area contributed by atoms with E-state index in [9.17, 15) is 34.8 Å². The van der Waals surface area contributed by atoms with Crippen LogP contribution in [0.4, 0.5) is 18.9 Å². The maximum atomic E-state index is 14.4. The number of thioether (sulfide) groups is 1. The van der Waals surface area contributed by atoms with E-state index in [1.165, 1.54) is 11.8 Å². The highest BCUT2D eigenvalue weighted by Crippen LogP contribution is 2.46. The number of alkyl halides is 3. The van der Waals surface area contributed by atoms with Crippen LogP contribution in [0.1, 0.15) is 81.0 Å². The first-order valence-corrected chi connectivity index (χ1v) is 32.5. The van der Waals surface area contributed by atoms with Crippen LogP contribution in [0.3, 0.4) is 0 Å². The summed E-state index contributed by atoms with van der Waals surface area (Å²) in [6.45, 7) is 17.3.